The molecular formula is C12H20CoN2O4. The molecule has 7 heteroatoms. The van der Waals surface area contributed by atoms with Gasteiger partial charge in [-0.05, 0) is 6.42 Å². The van der Waals surface area contributed by atoms with E-state index in [4.69, 9.17) is 0 Å². The van der Waals surface area contributed by atoms with E-state index in [9.17, 15) is 19.2 Å². The van der Waals surface area contributed by atoms with Crippen molar-refractivity contribution in [1.82, 2.24) is 9.80 Å². The van der Waals surface area contributed by atoms with Crippen molar-refractivity contribution in [2.75, 3.05) is 20.3 Å². The first kappa shape index (κ1) is 17.5. The van der Waals surface area contributed by atoms with E-state index in [-0.39, 0.29) is 20.9 Å². The van der Waals surface area contributed by atoms with Crippen molar-refractivity contribution < 1.29 is 31.8 Å². The molecule has 0 bridgehead atoms. The average molecular weight is 315 g/mol. The van der Waals surface area contributed by atoms with E-state index in [1.165, 1.54) is 19.4 Å². The molecule has 0 atom stereocenters. The van der Waals surface area contributed by atoms with Crippen molar-refractivity contribution in [3.8, 4) is 0 Å². The molecule has 1 aliphatic heterocycles. The van der Waals surface area contributed by atoms with Crippen LogP contribution < -0.4 is 0 Å². The molecular weight excluding hydrogens is 295 g/mol. The number of carbonyl (C=O) groups is 4. The van der Waals surface area contributed by atoms with E-state index < -0.39 is 12.6 Å². The molecule has 0 unspecified atom stereocenters. The van der Waals surface area contributed by atoms with Crippen LogP contribution in [0, 0.1) is 0 Å². The Kier molecular flexibility index (Phi) is 8.72. The molecule has 1 aliphatic rings. The van der Waals surface area contributed by atoms with Gasteiger partial charge in [-0.2, -0.15) is 0 Å². The third kappa shape index (κ3) is 6.30. The van der Waals surface area contributed by atoms with Gasteiger partial charge in [0.1, 0.15) is 0 Å². The minimum absolute atomic E-state index is 0.109. The summed E-state index contributed by atoms with van der Waals surface area (Å²) in [5, 5.41) is 0.438. The topological polar surface area (TPSA) is 74.8 Å². The van der Waals surface area contributed by atoms with Gasteiger partial charge in [0.15, 0.2) is 0 Å². The first-order chi connectivity index (χ1) is 9.07. The van der Waals surface area contributed by atoms with E-state index in [1.807, 2.05) is 0 Å². The Hall–Kier alpha value is -1.47. The third-order valence-electron chi connectivity index (χ3n) is 2.28. The Morgan fingerprint density at radius 3 is 1.84 bits per heavy atom. The number of hydrogen-bond donors (Lipinski definition) is 0. The summed E-state index contributed by atoms with van der Waals surface area (Å²) in [5.41, 5.74) is 0. The summed E-state index contributed by atoms with van der Waals surface area (Å²) in [4.78, 5) is 44.0. The maximum atomic E-state index is 9.88. The Balaban J connectivity index is 0.000000344. The van der Waals surface area contributed by atoms with Gasteiger partial charge in [-0.25, -0.2) is 0 Å². The normalized spacial score (nSPS) is 14.4. The molecule has 0 aliphatic carbocycles. The Labute approximate surface area is 115 Å². The molecule has 0 aromatic carbocycles. The van der Waals surface area contributed by atoms with Gasteiger partial charge in [0, 0.05) is 26.0 Å². The predicted molar refractivity (Wildman–Crippen MR) is 70.4 cm³/mol. The van der Waals surface area contributed by atoms with E-state index >= 15 is 0 Å². The molecule has 0 saturated heterocycles. The molecule has 0 saturated carbocycles. The second-order valence-electron chi connectivity index (χ2n) is 3.84. The fraction of sp³-hybridized carbons (Fsp3) is 0.500. The van der Waals surface area contributed by atoms with Crippen LogP contribution in [0.2, 0.25) is 0 Å². The molecule has 0 spiro atoms. The standard InChI is InChI=1S/C8H16N2.4CHO.Co/c1-3-4-5-10-7-6-9(2)8-10;4*1-2;/h6-7H,3-5,8H2,1-2H3;4*1H;. The van der Waals surface area contributed by atoms with Crippen molar-refractivity contribution in [3.05, 3.63) is 12.4 Å². The Bertz CT molecular complexity index is 309. The third-order valence-corrected chi connectivity index (χ3v) is 3.98. The van der Waals surface area contributed by atoms with Gasteiger partial charge in [-0.15, -0.1) is 0 Å². The van der Waals surface area contributed by atoms with Gasteiger partial charge < -0.3 is 9.80 Å². The van der Waals surface area contributed by atoms with Crippen LogP contribution in [0.1, 0.15) is 19.8 Å². The molecule has 0 aromatic rings. The molecule has 0 radical (unpaired) electrons. The van der Waals surface area contributed by atoms with Gasteiger partial charge in [0.2, 0.25) is 0 Å². The SMILES string of the molecule is CCCCN1C=CN(C)C1.O=[CH][Co]([CH]=O)([CH]=O)[CH]=O. The summed E-state index contributed by atoms with van der Waals surface area (Å²) in [6, 6.07) is 0. The summed E-state index contributed by atoms with van der Waals surface area (Å²) in [7, 11) is 2.10. The number of rotatable bonds is 7. The van der Waals surface area contributed by atoms with Crippen LogP contribution in [0.25, 0.3) is 0 Å². The van der Waals surface area contributed by atoms with Gasteiger partial charge in [0.25, 0.3) is 0 Å². The van der Waals surface area contributed by atoms with Crippen LogP contribution in [0.15, 0.2) is 12.4 Å². The molecule has 1 heterocycles. The summed E-state index contributed by atoms with van der Waals surface area (Å²) in [6.45, 7) is 4.50. The first-order valence-electron chi connectivity index (χ1n) is 5.67. The summed E-state index contributed by atoms with van der Waals surface area (Å²) < 4.78 is 0. The monoisotopic (exact) mass is 315 g/mol. The van der Waals surface area contributed by atoms with E-state index in [1.54, 1.807) is 0 Å². The zero-order chi connectivity index (χ0) is 14.7. The second kappa shape index (κ2) is 9.46. The molecule has 0 fully saturated rings. The van der Waals surface area contributed by atoms with Crippen molar-refractivity contribution in [2.45, 2.75) is 19.8 Å². The van der Waals surface area contributed by atoms with Gasteiger partial charge in [0.05, 0.1) is 6.67 Å². The molecule has 111 valence electrons. The van der Waals surface area contributed by atoms with Gasteiger partial charge in [-0.1, -0.05) is 13.3 Å². The zero-order valence-electron chi connectivity index (χ0n) is 11.2. The molecule has 19 heavy (non-hydrogen) atoms. The van der Waals surface area contributed by atoms with Crippen LogP contribution in [0.3, 0.4) is 0 Å². The van der Waals surface area contributed by atoms with Crippen LogP contribution in [-0.2, 0) is 31.8 Å². The Morgan fingerprint density at radius 2 is 1.58 bits per heavy atom. The van der Waals surface area contributed by atoms with Gasteiger partial charge >= 0.3 is 52.7 Å². The molecule has 0 aromatic heterocycles. The van der Waals surface area contributed by atoms with Crippen molar-refractivity contribution >= 4 is 20.9 Å². The summed E-state index contributed by atoms with van der Waals surface area (Å²) >= 11 is -3.12. The minimum atomic E-state index is -3.12. The average Bonchev–Trinajstić information content (AvgIpc) is 2.86. The summed E-state index contributed by atoms with van der Waals surface area (Å²) in [5.74, 6) is 0. The fourth-order valence-electron chi connectivity index (χ4n) is 1.21. The number of unbranched alkanes of at least 4 members (excludes halogenated alkanes) is 1. The molecule has 0 N–H and O–H groups in total. The Morgan fingerprint density at radius 1 is 1.05 bits per heavy atom. The molecule has 1 rings (SSSR count). The van der Waals surface area contributed by atoms with Crippen LogP contribution in [0.4, 0.5) is 0 Å². The van der Waals surface area contributed by atoms with Crippen LogP contribution >= 0.6 is 0 Å². The number of nitrogens with zero attached hydrogens (tertiary/aromatic N) is 2. The second-order valence-corrected chi connectivity index (χ2v) is 6.91. The van der Waals surface area contributed by atoms with E-state index in [0.29, 0.717) is 0 Å². The van der Waals surface area contributed by atoms with Gasteiger partial charge in [-0.3, -0.25) is 0 Å². The molecule has 6 nitrogen and oxygen atoms in total. The predicted octanol–water partition coefficient (Wildman–Crippen LogP) is 0.364. The number of hydrogen-bond acceptors (Lipinski definition) is 6. The first-order valence-corrected chi connectivity index (χ1v) is 8.07. The van der Waals surface area contributed by atoms with Crippen LogP contribution in [0.5, 0.6) is 0 Å². The van der Waals surface area contributed by atoms with E-state index in [2.05, 4.69) is 36.2 Å². The van der Waals surface area contributed by atoms with Crippen LogP contribution in [-0.4, -0.2) is 50.9 Å². The van der Waals surface area contributed by atoms with Crippen molar-refractivity contribution in [1.29, 1.82) is 0 Å². The molecule has 0 amide bonds. The fourth-order valence-corrected chi connectivity index (χ4v) is 1.55. The van der Waals surface area contributed by atoms with E-state index in [0.717, 1.165) is 6.67 Å². The number of carbonyl (C=O) groups excluding carboxylic acids is 4. The zero-order valence-corrected chi connectivity index (χ0v) is 12.2. The quantitative estimate of drug-likeness (QED) is 0.632. The van der Waals surface area contributed by atoms with Crippen molar-refractivity contribution in [2.24, 2.45) is 0 Å². The maximum absolute atomic E-state index is 9.88. The van der Waals surface area contributed by atoms with Crippen molar-refractivity contribution in [3.63, 3.8) is 0 Å². The summed E-state index contributed by atoms with van der Waals surface area (Å²) in [6.07, 6.45) is 6.87.